The van der Waals surface area contributed by atoms with E-state index in [1.165, 1.54) is 0 Å². The summed E-state index contributed by atoms with van der Waals surface area (Å²) in [6, 6.07) is 20.0. The highest BCUT2D eigenvalue weighted by Crippen LogP contribution is 2.35. The average Bonchev–Trinajstić information content (AvgIpc) is 2.85. The van der Waals surface area contributed by atoms with Crippen molar-refractivity contribution in [3.8, 4) is 6.07 Å². The monoisotopic (exact) mass is 498 g/mol. The first-order valence-electron chi connectivity index (χ1n) is 10.5. The van der Waals surface area contributed by atoms with Crippen LogP contribution in [0.25, 0.3) is 0 Å². The first-order chi connectivity index (χ1) is 15.9. The minimum atomic E-state index is -0.0696. The van der Waals surface area contributed by atoms with Crippen molar-refractivity contribution in [3.63, 3.8) is 0 Å². The maximum Gasteiger partial charge on any atom is 0.253 e. The van der Waals surface area contributed by atoms with Gasteiger partial charge in [-0.1, -0.05) is 46.9 Å². The number of nitriles is 1. The zero-order valence-electron chi connectivity index (χ0n) is 17.9. The number of benzene rings is 2. The fraction of sp³-hybridized carbons (Fsp3) is 0.240. The molecule has 1 fully saturated rings. The van der Waals surface area contributed by atoms with E-state index < -0.39 is 0 Å². The summed E-state index contributed by atoms with van der Waals surface area (Å²) in [6.07, 6.45) is 0.721. The maximum atomic E-state index is 13.3. The van der Waals surface area contributed by atoms with Gasteiger partial charge in [-0.2, -0.15) is 5.26 Å². The van der Waals surface area contributed by atoms with Crippen LogP contribution in [-0.2, 0) is 0 Å². The van der Waals surface area contributed by atoms with E-state index in [2.05, 4.69) is 16.0 Å². The van der Waals surface area contributed by atoms with E-state index in [1.807, 2.05) is 31.3 Å². The third-order valence-corrected chi connectivity index (χ3v) is 7.02. The molecule has 2 atom stereocenters. The first-order valence-corrected chi connectivity index (χ1v) is 11.6. The summed E-state index contributed by atoms with van der Waals surface area (Å²) in [4.78, 5) is 21.7. The highest BCUT2D eigenvalue weighted by Gasteiger charge is 2.36. The van der Waals surface area contributed by atoms with E-state index in [4.69, 9.17) is 34.8 Å². The van der Waals surface area contributed by atoms with Gasteiger partial charge in [-0.15, -0.1) is 0 Å². The molecule has 2 heterocycles. The zero-order valence-corrected chi connectivity index (χ0v) is 20.1. The summed E-state index contributed by atoms with van der Waals surface area (Å²) in [5.74, 6) is 0.631. The molecule has 3 aromatic rings. The van der Waals surface area contributed by atoms with Crippen LogP contribution in [0.4, 0.5) is 5.82 Å². The molecule has 5 nitrogen and oxygen atoms in total. The third-order valence-electron chi connectivity index (χ3n) is 6.03. The topological polar surface area (TPSA) is 60.2 Å². The van der Waals surface area contributed by atoms with Gasteiger partial charge in [0.25, 0.3) is 5.91 Å². The summed E-state index contributed by atoms with van der Waals surface area (Å²) >= 11 is 18.5. The highest BCUT2D eigenvalue weighted by atomic mass is 35.5. The van der Waals surface area contributed by atoms with Crippen molar-refractivity contribution >= 4 is 46.5 Å². The van der Waals surface area contributed by atoms with Gasteiger partial charge in [-0.05, 0) is 60.5 Å². The molecule has 1 aliphatic heterocycles. The molecule has 0 N–H and O–H groups in total. The van der Waals surface area contributed by atoms with E-state index in [0.717, 1.165) is 17.8 Å². The first kappa shape index (κ1) is 23.4. The fourth-order valence-corrected chi connectivity index (χ4v) is 4.72. The van der Waals surface area contributed by atoms with Crippen molar-refractivity contribution in [2.45, 2.75) is 18.4 Å². The Kier molecular flexibility index (Phi) is 7.09. The third kappa shape index (κ3) is 5.09. The molecule has 0 spiro atoms. The molecule has 0 bridgehead atoms. The van der Waals surface area contributed by atoms with Gasteiger partial charge in [-0.25, -0.2) is 4.98 Å². The molecule has 1 amide bonds. The Balaban J connectivity index is 1.66. The lowest BCUT2D eigenvalue weighted by atomic mass is 9.84. The zero-order chi connectivity index (χ0) is 23.5. The molecule has 2 aromatic carbocycles. The van der Waals surface area contributed by atoms with E-state index in [0.29, 0.717) is 39.4 Å². The van der Waals surface area contributed by atoms with Crippen LogP contribution in [0.2, 0.25) is 15.1 Å². The van der Waals surface area contributed by atoms with Gasteiger partial charge in [0.1, 0.15) is 17.6 Å². The number of amides is 1. The lowest BCUT2D eigenvalue weighted by Crippen LogP contribution is -2.50. The number of nitrogens with zero attached hydrogens (tertiary/aromatic N) is 4. The van der Waals surface area contributed by atoms with Gasteiger partial charge in [0.2, 0.25) is 0 Å². The van der Waals surface area contributed by atoms with Crippen LogP contribution in [0.1, 0.15) is 34.0 Å². The van der Waals surface area contributed by atoms with E-state index in [9.17, 15) is 10.1 Å². The number of piperidine rings is 1. The summed E-state index contributed by atoms with van der Waals surface area (Å²) in [6.45, 7) is 1.31. The van der Waals surface area contributed by atoms with Crippen LogP contribution in [0.5, 0.6) is 0 Å². The summed E-state index contributed by atoms with van der Waals surface area (Å²) in [5.41, 5.74) is 1.95. The summed E-state index contributed by atoms with van der Waals surface area (Å²) in [7, 11) is 1.83. The molecule has 168 valence electrons. The average molecular weight is 500 g/mol. The Labute approximate surface area is 208 Å². The number of carbonyl (C=O) groups is 1. The molecule has 0 saturated carbocycles. The van der Waals surface area contributed by atoms with Crippen molar-refractivity contribution in [3.05, 3.63) is 92.6 Å². The molecule has 1 saturated heterocycles. The van der Waals surface area contributed by atoms with Gasteiger partial charge in [-0.3, -0.25) is 4.79 Å². The molecule has 0 radical (unpaired) electrons. The smallest absolute Gasteiger partial charge is 0.253 e. The molecule has 8 heteroatoms. The Morgan fingerprint density at radius 3 is 2.55 bits per heavy atom. The largest absolute Gasteiger partial charge is 0.356 e. The SMILES string of the molecule is CN(C(=O)c1ccc(Cl)cc1)[C@@H]1CCN(c2cccc(C#N)n2)C[C@H]1c1ccc(Cl)c(Cl)c1. The quantitative estimate of drug-likeness (QED) is 0.438. The molecule has 1 aromatic heterocycles. The second-order valence-electron chi connectivity index (χ2n) is 8.00. The van der Waals surface area contributed by atoms with Crippen molar-refractivity contribution in [2.75, 3.05) is 25.0 Å². The minimum Gasteiger partial charge on any atom is -0.356 e. The molecule has 1 aliphatic rings. The van der Waals surface area contributed by atoms with E-state index in [1.54, 1.807) is 41.3 Å². The number of rotatable bonds is 4. The van der Waals surface area contributed by atoms with E-state index >= 15 is 0 Å². The van der Waals surface area contributed by atoms with Crippen molar-refractivity contribution in [2.24, 2.45) is 0 Å². The summed E-state index contributed by atoms with van der Waals surface area (Å²) in [5, 5.41) is 10.8. The molecule has 4 rings (SSSR count). The number of halogens is 3. The minimum absolute atomic E-state index is 0.0395. The Hall–Kier alpha value is -2.78. The van der Waals surface area contributed by atoms with Crippen molar-refractivity contribution in [1.29, 1.82) is 5.26 Å². The van der Waals surface area contributed by atoms with Crippen LogP contribution in [0, 0.1) is 11.3 Å². The predicted octanol–water partition coefficient (Wildman–Crippen LogP) is 6.05. The predicted molar refractivity (Wildman–Crippen MR) is 132 cm³/mol. The van der Waals surface area contributed by atoms with Crippen molar-refractivity contribution in [1.82, 2.24) is 9.88 Å². The van der Waals surface area contributed by atoms with Crippen LogP contribution in [0.3, 0.4) is 0 Å². The number of carbonyl (C=O) groups excluding carboxylic acids is 1. The molecular formula is C25H21Cl3N4O. The van der Waals surface area contributed by atoms with Gasteiger partial charge < -0.3 is 9.80 Å². The van der Waals surface area contributed by atoms with Gasteiger partial charge >= 0.3 is 0 Å². The number of likely N-dealkylation sites (N-methyl/N-ethyl adjacent to an activating group) is 1. The number of hydrogen-bond acceptors (Lipinski definition) is 4. The number of hydrogen-bond donors (Lipinski definition) is 0. The van der Waals surface area contributed by atoms with Crippen LogP contribution in [0.15, 0.2) is 60.7 Å². The standard InChI is InChI=1S/C25H21Cl3N4O/c1-31(25(33)16-5-8-18(26)9-6-16)23-11-12-32(24-4-2-3-19(14-29)30-24)15-20(23)17-7-10-21(27)22(28)13-17/h2-10,13,20,23H,11-12,15H2,1H3/t20-,23+/m0/s1. The number of pyridine rings is 1. The van der Waals surface area contributed by atoms with Gasteiger partial charge in [0.05, 0.1) is 10.0 Å². The molecule has 0 unspecified atom stereocenters. The highest BCUT2D eigenvalue weighted by molar-refractivity contribution is 6.42. The number of aromatic nitrogens is 1. The normalized spacial score (nSPS) is 18.0. The number of anilines is 1. The van der Waals surface area contributed by atoms with Gasteiger partial charge in [0.15, 0.2) is 0 Å². The summed E-state index contributed by atoms with van der Waals surface area (Å²) < 4.78 is 0. The van der Waals surface area contributed by atoms with Crippen molar-refractivity contribution < 1.29 is 4.79 Å². The Morgan fingerprint density at radius 2 is 1.85 bits per heavy atom. The van der Waals surface area contributed by atoms with Crippen LogP contribution < -0.4 is 4.90 Å². The molecular weight excluding hydrogens is 479 g/mol. The molecule has 0 aliphatic carbocycles. The Morgan fingerprint density at radius 1 is 1.09 bits per heavy atom. The van der Waals surface area contributed by atoms with E-state index in [-0.39, 0.29) is 17.9 Å². The fourth-order valence-electron chi connectivity index (χ4n) is 4.29. The van der Waals surface area contributed by atoms with Crippen LogP contribution in [-0.4, -0.2) is 42.0 Å². The van der Waals surface area contributed by atoms with Crippen LogP contribution >= 0.6 is 34.8 Å². The lowest BCUT2D eigenvalue weighted by molar-refractivity contribution is 0.0687. The Bertz CT molecular complexity index is 1210. The second-order valence-corrected chi connectivity index (χ2v) is 9.25. The van der Waals surface area contributed by atoms with Gasteiger partial charge in [0, 0.05) is 42.7 Å². The molecule has 33 heavy (non-hydrogen) atoms. The maximum absolute atomic E-state index is 13.3. The lowest BCUT2D eigenvalue weighted by Gasteiger charge is -2.43. The second kappa shape index (κ2) is 10.0.